The van der Waals surface area contributed by atoms with E-state index in [1.54, 1.807) is 12.3 Å². The number of hydrogen-bond donors (Lipinski definition) is 0. The lowest BCUT2D eigenvalue weighted by Gasteiger charge is -2.15. The average molecular weight is 291 g/mol. The molecule has 6 heteroatoms. The Hall–Kier alpha value is -1.71. The summed E-state index contributed by atoms with van der Waals surface area (Å²) in [4.78, 5) is 0. The summed E-state index contributed by atoms with van der Waals surface area (Å²) >= 11 is 0. The normalized spacial score (nSPS) is 11.8. The molecular formula is C14H18FN3OSi. The fraction of sp³-hybridized carbons (Fsp3) is 0.429. The SMILES string of the molecule is C[Si](C)(C)CCOCn1ncc2cc(C#N)cc(F)c21. The van der Waals surface area contributed by atoms with Gasteiger partial charge in [-0.25, -0.2) is 9.07 Å². The molecule has 0 aliphatic heterocycles. The van der Waals surface area contributed by atoms with Crippen LogP contribution in [0.3, 0.4) is 0 Å². The zero-order chi connectivity index (χ0) is 14.8. The summed E-state index contributed by atoms with van der Waals surface area (Å²) in [6.45, 7) is 7.74. The predicted octanol–water partition coefficient (Wildman–Crippen LogP) is 3.36. The van der Waals surface area contributed by atoms with Gasteiger partial charge in [0.2, 0.25) is 0 Å². The molecule has 0 atom stereocenters. The monoisotopic (exact) mass is 291 g/mol. The maximum atomic E-state index is 14.0. The van der Waals surface area contributed by atoms with E-state index < -0.39 is 13.9 Å². The van der Waals surface area contributed by atoms with Gasteiger partial charge >= 0.3 is 0 Å². The molecule has 2 aromatic rings. The molecule has 1 aromatic heterocycles. The van der Waals surface area contributed by atoms with E-state index in [0.717, 1.165) is 6.04 Å². The number of nitrogens with zero attached hydrogens (tertiary/aromatic N) is 3. The topological polar surface area (TPSA) is 50.8 Å². The Morgan fingerprint density at radius 1 is 1.40 bits per heavy atom. The molecule has 0 spiro atoms. The van der Waals surface area contributed by atoms with Crippen LogP contribution in [0.4, 0.5) is 4.39 Å². The van der Waals surface area contributed by atoms with E-state index in [2.05, 4.69) is 24.7 Å². The van der Waals surface area contributed by atoms with Crippen molar-refractivity contribution >= 4 is 19.0 Å². The van der Waals surface area contributed by atoms with Gasteiger partial charge in [-0.15, -0.1) is 0 Å². The zero-order valence-electron chi connectivity index (χ0n) is 12.0. The molecule has 0 saturated heterocycles. The molecule has 0 radical (unpaired) electrons. The van der Waals surface area contributed by atoms with Crippen LogP contribution in [0.5, 0.6) is 0 Å². The van der Waals surface area contributed by atoms with Crippen molar-refractivity contribution in [3.8, 4) is 6.07 Å². The standard InChI is InChI=1S/C14H18FN3OSi/c1-20(2,3)5-4-19-10-18-14-12(9-17-18)6-11(8-16)7-13(14)15/h6-7,9H,4-5,10H2,1-3H3. The van der Waals surface area contributed by atoms with Gasteiger partial charge in [-0.05, 0) is 18.2 Å². The van der Waals surface area contributed by atoms with E-state index in [4.69, 9.17) is 10.00 Å². The van der Waals surface area contributed by atoms with E-state index in [0.29, 0.717) is 23.1 Å². The van der Waals surface area contributed by atoms with E-state index in [1.807, 2.05) is 6.07 Å². The van der Waals surface area contributed by atoms with Crippen LogP contribution in [0.25, 0.3) is 10.9 Å². The van der Waals surface area contributed by atoms with E-state index in [9.17, 15) is 4.39 Å². The highest BCUT2D eigenvalue weighted by Gasteiger charge is 2.13. The molecule has 0 bridgehead atoms. The highest BCUT2D eigenvalue weighted by atomic mass is 28.3. The zero-order valence-corrected chi connectivity index (χ0v) is 13.0. The number of benzene rings is 1. The minimum atomic E-state index is -1.12. The van der Waals surface area contributed by atoms with E-state index >= 15 is 0 Å². The van der Waals surface area contributed by atoms with Crippen molar-refractivity contribution < 1.29 is 9.13 Å². The van der Waals surface area contributed by atoms with Crippen LogP contribution < -0.4 is 0 Å². The van der Waals surface area contributed by atoms with E-state index in [-0.39, 0.29) is 6.73 Å². The Kier molecular flexibility index (Phi) is 4.21. The van der Waals surface area contributed by atoms with Crippen molar-refractivity contribution in [1.82, 2.24) is 9.78 Å². The lowest BCUT2D eigenvalue weighted by molar-refractivity contribution is 0.0813. The minimum Gasteiger partial charge on any atom is -0.360 e. The molecule has 1 aromatic carbocycles. The summed E-state index contributed by atoms with van der Waals surface area (Å²) in [7, 11) is -1.12. The second-order valence-corrected chi connectivity index (χ2v) is 11.6. The first-order valence-electron chi connectivity index (χ1n) is 6.53. The van der Waals surface area contributed by atoms with Gasteiger partial charge in [-0.1, -0.05) is 19.6 Å². The first-order chi connectivity index (χ1) is 9.40. The Morgan fingerprint density at radius 3 is 2.80 bits per heavy atom. The molecule has 0 aliphatic carbocycles. The summed E-state index contributed by atoms with van der Waals surface area (Å²) in [6, 6.07) is 5.85. The molecule has 1 heterocycles. The highest BCUT2D eigenvalue weighted by Crippen LogP contribution is 2.20. The predicted molar refractivity (Wildman–Crippen MR) is 78.5 cm³/mol. The van der Waals surface area contributed by atoms with Gasteiger partial charge in [-0.3, -0.25) is 0 Å². The van der Waals surface area contributed by atoms with Crippen molar-refractivity contribution in [1.29, 1.82) is 5.26 Å². The summed E-state index contributed by atoms with van der Waals surface area (Å²) in [5.74, 6) is -0.439. The molecule has 2 rings (SSSR count). The fourth-order valence-electron chi connectivity index (χ4n) is 1.87. The molecule has 106 valence electrons. The molecule has 20 heavy (non-hydrogen) atoms. The lowest BCUT2D eigenvalue weighted by atomic mass is 10.2. The number of fused-ring (bicyclic) bond motifs is 1. The molecule has 0 unspecified atom stereocenters. The van der Waals surface area contributed by atoms with Crippen LogP contribution in [0.15, 0.2) is 18.3 Å². The van der Waals surface area contributed by atoms with Gasteiger partial charge in [0.25, 0.3) is 0 Å². The molecular weight excluding hydrogens is 273 g/mol. The third kappa shape index (κ3) is 3.44. The second-order valence-electron chi connectivity index (χ2n) is 6.00. The van der Waals surface area contributed by atoms with Crippen molar-refractivity contribution in [2.45, 2.75) is 32.4 Å². The molecule has 4 nitrogen and oxygen atoms in total. The average Bonchev–Trinajstić information content (AvgIpc) is 2.77. The number of rotatable bonds is 5. The van der Waals surface area contributed by atoms with Gasteiger partial charge in [0, 0.05) is 20.1 Å². The first-order valence-corrected chi connectivity index (χ1v) is 10.2. The number of hydrogen-bond acceptors (Lipinski definition) is 3. The fourth-order valence-corrected chi connectivity index (χ4v) is 2.63. The number of halogens is 1. The molecule has 0 amide bonds. The van der Waals surface area contributed by atoms with Crippen molar-refractivity contribution in [3.63, 3.8) is 0 Å². The van der Waals surface area contributed by atoms with Crippen LogP contribution in [0.2, 0.25) is 25.7 Å². The quantitative estimate of drug-likeness (QED) is 0.627. The molecule has 0 aliphatic rings. The smallest absolute Gasteiger partial charge is 0.150 e. The van der Waals surface area contributed by atoms with Crippen molar-refractivity contribution in [2.75, 3.05) is 6.61 Å². The summed E-state index contributed by atoms with van der Waals surface area (Å²) in [5.41, 5.74) is 0.686. The minimum absolute atomic E-state index is 0.233. The summed E-state index contributed by atoms with van der Waals surface area (Å²) in [5, 5.41) is 13.6. The Bertz CT molecular complexity index is 655. The molecule has 0 fully saturated rings. The largest absolute Gasteiger partial charge is 0.360 e. The maximum Gasteiger partial charge on any atom is 0.150 e. The second kappa shape index (κ2) is 5.73. The van der Waals surface area contributed by atoms with Crippen LogP contribution in [0, 0.1) is 17.1 Å². The van der Waals surface area contributed by atoms with Gasteiger partial charge in [0.1, 0.15) is 12.2 Å². The van der Waals surface area contributed by atoms with Crippen LogP contribution in [-0.2, 0) is 11.5 Å². The van der Waals surface area contributed by atoms with Gasteiger partial charge < -0.3 is 4.74 Å². The summed E-state index contributed by atoms with van der Waals surface area (Å²) in [6.07, 6.45) is 1.56. The Balaban J connectivity index is 2.10. The number of aromatic nitrogens is 2. The van der Waals surface area contributed by atoms with Crippen molar-refractivity contribution in [2.24, 2.45) is 0 Å². The Morgan fingerprint density at radius 2 is 2.15 bits per heavy atom. The van der Waals surface area contributed by atoms with Crippen molar-refractivity contribution in [3.05, 3.63) is 29.7 Å². The third-order valence-electron chi connectivity index (χ3n) is 3.03. The lowest BCUT2D eigenvalue weighted by Crippen LogP contribution is -2.22. The Labute approximate surface area is 118 Å². The van der Waals surface area contributed by atoms with Crippen LogP contribution >= 0.6 is 0 Å². The van der Waals surface area contributed by atoms with Gasteiger partial charge in [0.05, 0.1) is 17.8 Å². The van der Waals surface area contributed by atoms with Crippen LogP contribution in [-0.4, -0.2) is 24.5 Å². The summed E-state index contributed by atoms with van der Waals surface area (Å²) < 4.78 is 21.0. The van der Waals surface area contributed by atoms with E-state index in [1.165, 1.54) is 10.7 Å². The van der Waals surface area contributed by atoms with Gasteiger partial charge in [0.15, 0.2) is 5.82 Å². The number of ether oxygens (including phenoxy) is 1. The maximum absolute atomic E-state index is 14.0. The number of nitriles is 1. The van der Waals surface area contributed by atoms with Gasteiger partial charge in [-0.2, -0.15) is 10.4 Å². The highest BCUT2D eigenvalue weighted by molar-refractivity contribution is 6.76. The molecule has 0 saturated carbocycles. The van der Waals surface area contributed by atoms with Crippen LogP contribution in [0.1, 0.15) is 5.56 Å². The third-order valence-corrected chi connectivity index (χ3v) is 4.73. The first kappa shape index (κ1) is 14.7. The molecule has 0 N–H and O–H groups in total.